The van der Waals surface area contributed by atoms with Crippen LogP contribution in [0.25, 0.3) is 0 Å². The summed E-state index contributed by atoms with van der Waals surface area (Å²) in [7, 11) is 0. The monoisotopic (exact) mass is 246 g/mol. The Hall–Kier alpha value is -1.31. The van der Waals surface area contributed by atoms with Crippen molar-refractivity contribution >= 4 is 5.78 Å². The number of hydrogen-bond acceptors (Lipinski definition) is 2. The van der Waals surface area contributed by atoms with Crippen LogP contribution < -0.4 is 4.74 Å². The molecule has 1 aromatic rings. The molecular formula is C16H22O2. The van der Waals surface area contributed by atoms with Gasteiger partial charge in [-0.3, -0.25) is 4.79 Å². The second kappa shape index (κ2) is 6.58. The summed E-state index contributed by atoms with van der Waals surface area (Å²) >= 11 is 0. The summed E-state index contributed by atoms with van der Waals surface area (Å²) in [5.74, 6) is 1.33. The molecule has 1 aliphatic carbocycles. The Balaban J connectivity index is 1.80. The molecular weight excluding hydrogens is 224 g/mol. The van der Waals surface area contributed by atoms with Crippen molar-refractivity contribution in [2.24, 2.45) is 5.92 Å². The molecule has 18 heavy (non-hydrogen) atoms. The van der Waals surface area contributed by atoms with Crippen LogP contribution in [0.2, 0.25) is 0 Å². The maximum Gasteiger partial charge on any atom is 0.173 e. The lowest BCUT2D eigenvalue weighted by atomic mass is 10.0. The van der Waals surface area contributed by atoms with Gasteiger partial charge in [0.05, 0.1) is 0 Å². The molecule has 0 saturated heterocycles. The summed E-state index contributed by atoms with van der Waals surface area (Å²) in [6, 6.07) is 8.09. The lowest BCUT2D eigenvalue weighted by molar-refractivity contribution is -0.124. The van der Waals surface area contributed by atoms with Crippen molar-refractivity contribution in [2.45, 2.75) is 45.4 Å². The van der Waals surface area contributed by atoms with Crippen molar-refractivity contribution in [1.82, 2.24) is 0 Å². The molecule has 2 heteroatoms. The Labute approximate surface area is 109 Å². The molecule has 0 heterocycles. The number of hydrogen-bond donors (Lipinski definition) is 0. The van der Waals surface area contributed by atoms with Crippen molar-refractivity contribution < 1.29 is 9.53 Å². The number of benzene rings is 1. The zero-order valence-corrected chi connectivity index (χ0v) is 11.2. The highest BCUT2D eigenvalue weighted by atomic mass is 16.5. The summed E-state index contributed by atoms with van der Waals surface area (Å²) < 4.78 is 5.56. The van der Waals surface area contributed by atoms with Gasteiger partial charge in [0, 0.05) is 5.92 Å². The molecule has 0 atom stereocenters. The first-order valence-electron chi connectivity index (χ1n) is 7.04. The van der Waals surface area contributed by atoms with Gasteiger partial charge in [-0.1, -0.05) is 38.3 Å². The summed E-state index contributed by atoms with van der Waals surface area (Å²) in [6.07, 6.45) is 6.75. The quantitative estimate of drug-likeness (QED) is 0.763. The number of carbonyl (C=O) groups is 1. The van der Waals surface area contributed by atoms with Gasteiger partial charge in [0.15, 0.2) is 5.78 Å². The first kappa shape index (κ1) is 13.1. The highest BCUT2D eigenvalue weighted by Crippen LogP contribution is 2.25. The molecule has 0 amide bonds. The lowest BCUT2D eigenvalue weighted by Crippen LogP contribution is -2.19. The first-order valence-corrected chi connectivity index (χ1v) is 7.04. The van der Waals surface area contributed by atoms with Gasteiger partial charge in [-0.15, -0.1) is 0 Å². The SMILES string of the molecule is CCCc1ccc(OCC(=O)C2CCCC2)cc1. The number of rotatable bonds is 6. The summed E-state index contributed by atoms with van der Waals surface area (Å²) in [5, 5.41) is 0. The van der Waals surface area contributed by atoms with E-state index < -0.39 is 0 Å². The van der Waals surface area contributed by atoms with Crippen molar-refractivity contribution in [3.8, 4) is 5.75 Å². The number of Topliss-reactive ketones (excluding diaryl/α,β-unsaturated/α-hetero) is 1. The zero-order valence-electron chi connectivity index (χ0n) is 11.2. The third-order valence-corrected chi connectivity index (χ3v) is 3.65. The van der Waals surface area contributed by atoms with Gasteiger partial charge >= 0.3 is 0 Å². The maximum atomic E-state index is 11.9. The van der Waals surface area contributed by atoms with Crippen LogP contribution in [0.5, 0.6) is 5.75 Å². The minimum absolute atomic E-state index is 0.234. The van der Waals surface area contributed by atoms with E-state index in [1.807, 2.05) is 12.1 Å². The minimum Gasteiger partial charge on any atom is -0.486 e. The standard InChI is InChI=1S/C16H22O2/c1-2-5-13-8-10-15(11-9-13)18-12-16(17)14-6-3-4-7-14/h8-11,14H,2-7,12H2,1H3. The van der Waals surface area contributed by atoms with Crippen LogP contribution in [0.4, 0.5) is 0 Å². The highest BCUT2D eigenvalue weighted by molar-refractivity contribution is 5.82. The Morgan fingerprint density at radius 1 is 1.22 bits per heavy atom. The van der Waals surface area contributed by atoms with Crippen LogP contribution in [0.1, 0.15) is 44.6 Å². The van der Waals surface area contributed by atoms with Crippen molar-refractivity contribution in [3.05, 3.63) is 29.8 Å². The smallest absolute Gasteiger partial charge is 0.173 e. The summed E-state index contributed by atoms with van der Waals surface area (Å²) in [6.45, 7) is 2.41. The van der Waals surface area contributed by atoms with Gasteiger partial charge in [0.25, 0.3) is 0 Å². The predicted octanol–water partition coefficient (Wildman–Crippen LogP) is 3.78. The summed E-state index contributed by atoms with van der Waals surface area (Å²) in [4.78, 5) is 11.9. The second-order valence-electron chi connectivity index (χ2n) is 5.13. The number of carbonyl (C=O) groups excluding carboxylic acids is 1. The predicted molar refractivity (Wildman–Crippen MR) is 72.9 cm³/mol. The fourth-order valence-electron chi connectivity index (χ4n) is 2.56. The largest absolute Gasteiger partial charge is 0.486 e. The van der Waals surface area contributed by atoms with Crippen LogP contribution in [0, 0.1) is 5.92 Å². The molecule has 1 fully saturated rings. The Kier molecular flexibility index (Phi) is 4.80. The fourth-order valence-corrected chi connectivity index (χ4v) is 2.56. The Morgan fingerprint density at radius 2 is 1.89 bits per heavy atom. The molecule has 0 N–H and O–H groups in total. The Morgan fingerprint density at radius 3 is 2.50 bits per heavy atom. The fraction of sp³-hybridized carbons (Fsp3) is 0.562. The normalized spacial score (nSPS) is 15.8. The number of aryl methyl sites for hydroxylation is 1. The molecule has 0 unspecified atom stereocenters. The van der Waals surface area contributed by atoms with Crippen molar-refractivity contribution in [1.29, 1.82) is 0 Å². The minimum atomic E-state index is 0.234. The molecule has 1 aliphatic rings. The molecule has 2 nitrogen and oxygen atoms in total. The average molecular weight is 246 g/mol. The van der Waals surface area contributed by atoms with Crippen molar-refractivity contribution in [2.75, 3.05) is 6.61 Å². The molecule has 2 rings (SSSR count). The molecule has 0 spiro atoms. The van der Waals surface area contributed by atoms with Crippen LogP contribution in [-0.4, -0.2) is 12.4 Å². The van der Waals surface area contributed by atoms with E-state index in [0.29, 0.717) is 0 Å². The maximum absolute atomic E-state index is 11.9. The van der Waals surface area contributed by atoms with E-state index in [0.717, 1.165) is 31.4 Å². The number of ether oxygens (including phenoxy) is 1. The van der Waals surface area contributed by atoms with Crippen molar-refractivity contribution in [3.63, 3.8) is 0 Å². The molecule has 1 aromatic carbocycles. The van der Waals surface area contributed by atoms with E-state index in [9.17, 15) is 4.79 Å². The van der Waals surface area contributed by atoms with Gasteiger partial charge in [-0.25, -0.2) is 0 Å². The first-order chi connectivity index (χ1) is 8.79. The van der Waals surface area contributed by atoms with Crippen LogP contribution >= 0.6 is 0 Å². The molecule has 0 aromatic heterocycles. The van der Waals surface area contributed by atoms with E-state index in [4.69, 9.17) is 4.74 Å². The van der Waals surface area contributed by atoms with E-state index in [2.05, 4.69) is 19.1 Å². The summed E-state index contributed by atoms with van der Waals surface area (Å²) in [5.41, 5.74) is 1.33. The third kappa shape index (κ3) is 3.59. The van der Waals surface area contributed by atoms with E-state index in [-0.39, 0.29) is 18.3 Å². The zero-order chi connectivity index (χ0) is 12.8. The van der Waals surface area contributed by atoms with Gasteiger partial charge in [0.2, 0.25) is 0 Å². The molecule has 1 saturated carbocycles. The Bertz CT molecular complexity index is 375. The van der Waals surface area contributed by atoms with Gasteiger partial charge in [-0.2, -0.15) is 0 Å². The van der Waals surface area contributed by atoms with Gasteiger partial charge in [-0.05, 0) is 37.0 Å². The van der Waals surface area contributed by atoms with Crippen LogP contribution in [0.15, 0.2) is 24.3 Å². The van der Waals surface area contributed by atoms with E-state index in [1.54, 1.807) is 0 Å². The van der Waals surface area contributed by atoms with Crippen LogP contribution in [0.3, 0.4) is 0 Å². The second-order valence-corrected chi connectivity index (χ2v) is 5.13. The molecule has 0 bridgehead atoms. The van der Waals surface area contributed by atoms with Gasteiger partial charge < -0.3 is 4.74 Å². The topological polar surface area (TPSA) is 26.3 Å². The van der Waals surface area contributed by atoms with Gasteiger partial charge in [0.1, 0.15) is 12.4 Å². The van der Waals surface area contributed by atoms with E-state index in [1.165, 1.54) is 18.4 Å². The molecule has 0 radical (unpaired) electrons. The third-order valence-electron chi connectivity index (χ3n) is 3.65. The molecule has 0 aliphatic heterocycles. The molecule has 98 valence electrons. The number of ketones is 1. The van der Waals surface area contributed by atoms with Crippen LogP contribution in [-0.2, 0) is 11.2 Å². The lowest BCUT2D eigenvalue weighted by Gasteiger charge is -2.10. The van der Waals surface area contributed by atoms with E-state index >= 15 is 0 Å². The average Bonchev–Trinajstić information content (AvgIpc) is 2.92. The highest BCUT2D eigenvalue weighted by Gasteiger charge is 2.22.